The lowest BCUT2D eigenvalue weighted by molar-refractivity contribution is -0.154. The van der Waals surface area contributed by atoms with Crippen molar-refractivity contribution in [3.63, 3.8) is 0 Å². The number of aliphatic hydroxyl groups is 1. The van der Waals surface area contributed by atoms with Crippen LogP contribution >= 0.6 is 0 Å². The lowest BCUT2D eigenvalue weighted by Gasteiger charge is -2.40. The third-order valence-electron chi connectivity index (χ3n) is 9.37. The maximum absolute atomic E-state index is 14.8. The van der Waals surface area contributed by atoms with Crippen LogP contribution in [0.3, 0.4) is 0 Å². The average Bonchev–Trinajstić information content (AvgIpc) is 3.27. The number of unbranched alkanes of at least 4 members (excludes halogenated alkanes) is 2. The van der Waals surface area contributed by atoms with Crippen LogP contribution in [-0.4, -0.2) is 76.1 Å². The fourth-order valence-electron chi connectivity index (χ4n) is 7.47. The second kappa shape index (κ2) is 11.2. The number of likely N-dealkylation sites (tertiary alicyclic amines) is 1. The van der Waals surface area contributed by atoms with Gasteiger partial charge in [-0.25, -0.2) is 0 Å². The zero-order valence-electron chi connectivity index (χ0n) is 24.3. The first kappa shape index (κ1) is 28.4. The van der Waals surface area contributed by atoms with Crippen molar-refractivity contribution in [3.05, 3.63) is 90.5 Å². The summed E-state index contributed by atoms with van der Waals surface area (Å²) in [6.45, 7) is 4.91. The minimum atomic E-state index is -1.37. The number of amides is 3. The van der Waals surface area contributed by atoms with Crippen LogP contribution < -0.4 is 4.90 Å². The van der Waals surface area contributed by atoms with E-state index in [0.29, 0.717) is 19.6 Å². The van der Waals surface area contributed by atoms with Crippen LogP contribution in [0.5, 0.6) is 0 Å². The van der Waals surface area contributed by atoms with E-state index in [4.69, 9.17) is 4.74 Å². The maximum Gasteiger partial charge on any atom is 0.249 e. The summed E-state index contributed by atoms with van der Waals surface area (Å²) in [6, 6.07) is 16.9. The van der Waals surface area contributed by atoms with Crippen LogP contribution in [0.25, 0.3) is 0 Å². The molecule has 1 N–H and O–H groups in total. The van der Waals surface area contributed by atoms with Crippen LogP contribution in [0.2, 0.25) is 0 Å². The molecule has 8 nitrogen and oxygen atoms in total. The zero-order chi connectivity index (χ0) is 29.5. The van der Waals surface area contributed by atoms with Gasteiger partial charge in [0.1, 0.15) is 11.6 Å². The summed E-state index contributed by atoms with van der Waals surface area (Å²) in [4.78, 5) is 48.8. The van der Waals surface area contributed by atoms with Gasteiger partial charge in [0.25, 0.3) is 0 Å². The van der Waals surface area contributed by atoms with E-state index in [0.717, 1.165) is 30.5 Å². The van der Waals surface area contributed by atoms with Crippen LogP contribution in [0.4, 0.5) is 5.69 Å². The Hall–Kier alpha value is -3.75. The Balaban J connectivity index is 1.49. The van der Waals surface area contributed by atoms with Gasteiger partial charge in [0, 0.05) is 25.3 Å². The normalized spacial score (nSPS) is 31.1. The molecule has 4 heterocycles. The molecule has 8 heteroatoms. The molecule has 6 rings (SSSR count). The molecule has 42 heavy (non-hydrogen) atoms. The Morgan fingerprint density at radius 2 is 1.57 bits per heavy atom. The molecule has 0 aliphatic carbocycles. The van der Waals surface area contributed by atoms with Gasteiger partial charge in [-0.1, -0.05) is 92.6 Å². The lowest BCUT2D eigenvalue weighted by atomic mass is 9.74. The van der Waals surface area contributed by atoms with Crippen LogP contribution in [-0.2, 0) is 19.1 Å². The van der Waals surface area contributed by atoms with Gasteiger partial charge in [-0.05, 0) is 31.0 Å². The molecule has 3 amide bonds. The van der Waals surface area contributed by atoms with Gasteiger partial charge in [0.15, 0.2) is 0 Å². The van der Waals surface area contributed by atoms with Crippen molar-refractivity contribution in [2.75, 3.05) is 31.1 Å². The van der Waals surface area contributed by atoms with E-state index in [1.165, 1.54) is 4.90 Å². The van der Waals surface area contributed by atoms with Crippen molar-refractivity contribution >= 4 is 23.4 Å². The highest BCUT2D eigenvalue weighted by molar-refractivity contribution is 6.04. The molecule has 220 valence electrons. The molecule has 1 spiro atoms. The number of aliphatic hydroxyl groups excluding tert-OH is 1. The quantitative estimate of drug-likeness (QED) is 0.385. The molecule has 0 saturated carbocycles. The Morgan fingerprint density at radius 3 is 2.26 bits per heavy atom. The fourth-order valence-corrected chi connectivity index (χ4v) is 7.47. The summed E-state index contributed by atoms with van der Waals surface area (Å²) in [5, 5.41) is 10.7. The molecular weight excluding hydrogens is 530 g/mol. The highest BCUT2D eigenvalue weighted by Crippen LogP contribution is 2.58. The van der Waals surface area contributed by atoms with Gasteiger partial charge >= 0.3 is 0 Å². The molecule has 4 aliphatic rings. The van der Waals surface area contributed by atoms with Gasteiger partial charge in [0.2, 0.25) is 17.7 Å². The monoisotopic (exact) mass is 569 g/mol. The number of hydrogen-bond acceptors (Lipinski definition) is 5. The molecule has 1 unspecified atom stereocenters. The van der Waals surface area contributed by atoms with Gasteiger partial charge in [-0.3, -0.25) is 14.4 Å². The SMILES string of the molecule is CCCCCN1CC=C[C@]23O[C@@]4(C)C=CCN(c5ccccc5)C(=O)[C@H]4[C@H]2C(=O)N([C@H](CO)c2ccccc2)C3C1=O. The second-order valence-corrected chi connectivity index (χ2v) is 11.9. The molecule has 0 aromatic heterocycles. The second-order valence-electron chi connectivity index (χ2n) is 11.9. The minimum absolute atomic E-state index is 0.210. The topological polar surface area (TPSA) is 90.4 Å². The summed E-state index contributed by atoms with van der Waals surface area (Å²) in [5.41, 5.74) is -1.00. The number of ether oxygens (including phenoxy) is 1. The smallest absolute Gasteiger partial charge is 0.249 e. The number of para-hydroxylation sites is 1. The molecule has 6 atom stereocenters. The number of carbonyl (C=O) groups excluding carboxylic acids is 3. The molecule has 2 aromatic rings. The number of rotatable bonds is 8. The number of anilines is 1. The summed E-state index contributed by atoms with van der Waals surface area (Å²) in [6.07, 6.45) is 10.5. The average molecular weight is 570 g/mol. The summed E-state index contributed by atoms with van der Waals surface area (Å²) in [5.74, 6) is -2.58. The third-order valence-corrected chi connectivity index (χ3v) is 9.37. The molecule has 2 fully saturated rings. The Morgan fingerprint density at radius 1 is 0.881 bits per heavy atom. The van der Waals surface area contributed by atoms with Crippen LogP contribution in [0, 0.1) is 11.8 Å². The third kappa shape index (κ3) is 4.39. The summed E-state index contributed by atoms with van der Waals surface area (Å²) < 4.78 is 6.95. The van der Waals surface area contributed by atoms with E-state index in [-0.39, 0.29) is 24.3 Å². The Labute approximate surface area is 247 Å². The maximum atomic E-state index is 14.8. The van der Waals surface area contributed by atoms with Crippen molar-refractivity contribution < 1.29 is 24.2 Å². The van der Waals surface area contributed by atoms with E-state index in [1.807, 2.05) is 91.9 Å². The first-order valence-corrected chi connectivity index (χ1v) is 15.0. The van der Waals surface area contributed by atoms with Gasteiger partial charge in [-0.15, -0.1) is 0 Å². The van der Waals surface area contributed by atoms with E-state index in [9.17, 15) is 19.5 Å². The van der Waals surface area contributed by atoms with Crippen molar-refractivity contribution in [1.82, 2.24) is 9.80 Å². The molecule has 0 radical (unpaired) electrons. The van der Waals surface area contributed by atoms with Crippen LogP contribution in [0.1, 0.15) is 44.7 Å². The first-order valence-electron chi connectivity index (χ1n) is 15.0. The van der Waals surface area contributed by atoms with Crippen LogP contribution in [0.15, 0.2) is 85.0 Å². The van der Waals surface area contributed by atoms with Gasteiger partial charge < -0.3 is 24.5 Å². The Bertz CT molecular complexity index is 1390. The molecule has 2 aromatic carbocycles. The minimum Gasteiger partial charge on any atom is -0.394 e. The number of nitrogens with zero attached hydrogens (tertiary/aromatic N) is 3. The van der Waals surface area contributed by atoms with E-state index < -0.39 is 35.1 Å². The van der Waals surface area contributed by atoms with Crippen molar-refractivity contribution in [2.45, 2.75) is 56.4 Å². The highest BCUT2D eigenvalue weighted by atomic mass is 16.5. The van der Waals surface area contributed by atoms with E-state index in [2.05, 4.69) is 6.92 Å². The van der Waals surface area contributed by atoms with Gasteiger partial charge in [0.05, 0.1) is 30.1 Å². The number of benzene rings is 2. The number of hydrogen-bond donors (Lipinski definition) is 1. The standard InChI is InChI=1S/C34H39N3O5/c1-3-4-11-20-35-21-13-19-34-28(31(40)37(29(34)32(35)41)26(23-38)24-14-7-5-8-15-24)27-30(39)36(25-16-9-6-10-17-25)22-12-18-33(27,2)42-34/h5-10,12-19,26-29,38H,3-4,11,20-23H2,1-2H3/t26-,27-,28+,29?,33+,34+/m1/s1. The van der Waals surface area contributed by atoms with Crippen molar-refractivity contribution in [2.24, 2.45) is 11.8 Å². The Kier molecular flexibility index (Phi) is 7.53. The highest BCUT2D eigenvalue weighted by Gasteiger charge is 2.75. The zero-order valence-corrected chi connectivity index (χ0v) is 24.3. The first-order chi connectivity index (χ1) is 20.4. The lowest BCUT2D eigenvalue weighted by Crippen LogP contribution is -2.57. The summed E-state index contributed by atoms with van der Waals surface area (Å²) in [7, 11) is 0. The van der Waals surface area contributed by atoms with Crippen molar-refractivity contribution in [3.8, 4) is 0 Å². The molecule has 2 saturated heterocycles. The summed E-state index contributed by atoms with van der Waals surface area (Å²) >= 11 is 0. The van der Waals surface area contributed by atoms with Crippen molar-refractivity contribution in [1.29, 1.82) is 0 Å². The van der Waals surface area contributed by atoms with E-state index in [1.54, 1.807) is 9.80 Å². The van der Waals surface area contributed by atoms with E-state index >= 15 is 0 Å². The van der Waals surface area contributed by atoms with Gasteiger partial charge in [-0.2, -0.15) is 0 Å². The number of fused-ring (bicyclic) bond motifs is 2. The molecular formula is C34H39N3O5. The predicted octanol–water partition coefficient (Wildman–Crippen LogP) is 3.88. The largest absolute Gasteiger partial charge is 0.394 e. The fraction of sp³-hybridized carbons (Fsp3) is 0.441. The predicted molar refractivity (Wildman–Crippen MR) is 159 cm³/mol. The molecule has 4 aliphatic heterocycles. The number of carbonyl (C=O) groups is 3. The molecule has 0 bridgehead atoms.